The van der Waals surface area contributed by atoms with E-state index in [4.69, 9.17) is 5.73 Å². The summed E-state index contributed by atoms with van der Waals surface area (Å²) in [5.41, 5.74) is 4.86. The lowest BCUT2D eigenvalue weighted by molar-refractivity contribution is -0.118. The van der Waals surface area contributed by atoms with Gasteiger partial charge in [-0.2, -0.15) is 0 Å². The van der Waals surface area contributed by atoms with Crippen LogP contribution in [-0.2, 0) is 9.53 Å². The molecule has 0 aliphatic heterocycles. The fourth-order valence-corrected chi connectivity index (χ4v) is 0.525. The van der Waals surface area contributed by atoms with Crippen molar-refractivity contribution in [2.24, 2.45) is 5.73 Å². The molecule has 11 heavy (non-hydrogen) atoms. The first kappa shape index (κ1) is 9.74. The molecule has 0 aromatic carbocycles. The maximum absolute atomic E-state index is 10.7. The Labute approximate surface area is 65.1 Å². The van der Waals surface area contributed by atoms with E-state index in [0.29, 0.717) is 6.54 Å². The molecule has 0 aromatic rings. The highest BCUT2D eigenvalue weighted by Crippen LogP contribution is 1.89. The quantitative estimate of drug-likeness (QED) is 0.608. The molecule has 0 aromatic heterocycles. The minimum atomic E-state index is -0.466. The minimum Gasteiger partial charge on any atom is -0.453 e. The third-order valence-corrected chi connectivity index (χ3v) is 1.18. The lowest BCUT2D eigenvalue weighted by Crippen LogP contribution is -2.30. The van der Waals surface area contributed by atoms with Crippen molar-refractivity contribution in [3.63, 3.8) is 0 Å². The number of nitrogens with two attached hydrogens (primary N) is 1. The van der Waals surface area contributed by atoms with Crippen LogP contribution >= 0.6 is 0 Å². The van der Waals surface area contributed by atoms with Crippen LogP contribution in [0.5, 0.6) is 0 Å². The first-order valence-electron chi connectivity index (χ1n) is 3.15. The topological polar surface area (TPSA) is 72.6 Å². The van der Waals surface area contributed by atoms with Crippen molar-refractivity contribution in [2.75, 3.05) is 20.7 Å². The van der Waals surface area contributed by atoms with Crippen molar-refractivity contribution in [3.05, 3.63) is 0 Å². The number of methoxy groups -OCH3 is 1. The van der Waals surface area contributed by atoms with Crippen LogP contribution in [0.25, 0.3) is 0 Å². The van der Waals surface area contributed by atoms with Crippen molar-refractivity contribution in [1.29, 1.82) is 0 Å². The summed E-state index contributed by atoms with van der Waals surface area (Å²) < 4.78 is 4.38. The van der Waals surface area contributed by atoms with Gasteiger partial charge >= 0.3 is 6.09 Å². The zero-order chi connectivity index (χ0) is 8.85. The van der Waals surface area contributed by atoms with Gasteiger partial charge in [-0.25, -0.2) is 4.79 Å². The van der Waals surface area contributed by atoms with Gasteiger partial charge in [-0.15, -0.1) is 0 Å². The summed E-state index contributed by atoms with van der Waals surface area (Å²) in [4.78, 5) is 22.2. The van der Waals surface area contributed by atoms with Crippen LogP contribution in [0, 0.1) is 0 Å². The Balaban J connectivity index is 3.60. The zero-order valence-electron chi connectivity index (χ0n) is 6.66. The number of nitrogens with zero attached hydrogens (tertiary/aromatic N) is 1. The number of primary amides is 1. The zero-order valence-corrected chi connectivity index (χ0v) is 6.66. The van der Waals surface area contributed by atoms with E-state index < -0.39 is 12.0 Å². The normalized spacial score (nSPS) is 8.91. The molecular weight excluding hydrogens is 148 g/mol. The molecule has 2 N–H and O–H groups in total. The summed E-state index contributed by atoms with van der Waals surface area (Å²) in [6.45, 7) is 0.294. The van der Waals surface area contributed by atoms with Gasteiger partial charge in [0.1, 0.15) is 0 Å². The number of ether oxygens (including phenoxy) is 1. The number of amides is 2. The Morgan fingerprint density at radius 1 is 1.55 bits per heavy atom. The predicted molar refractivity (Wildman–Crippen MR) is 38.8 cm³/mol. The van der Waals surface area contributed by atoms with Crippen LogP contribution in [0.15, 0.2) is 0 Å². The minimum absolute atomic E-state index is 0.158. The van der Waals surface area contributed by atoms with Gasteiger partial charge in [0.15, 0.2) is 0 Å². The number of carbonyl (C=O) groups excluding carboxylic acids is 2. The number of carbonyl (C=O) groups is 2. The van der Waals surface area contributed by atoms with Crippen molar-refractivity contribution in [2.45, 2.75) is 6.42 Å². The van der Waals surface area contributed by atoms with E-state index in [-0.39, 0.29) is 6.42 Å². The molecule has 0 saturated carbocycles. The third-order valence-electron chi connectivity index (χ3n) is 1.18. The SMILES string of the molecule is COC(=O)N(C)CCC(N)=O. The summed E-state index contributed by atoms with van der Waals surface area (Å²) >= 11 is 0. The standard InChI is InChI=1S/C6H12N2O3/c1-8(6(10)11-2)4-3-5(7)9/h3-4H2,1-2H3,(H2,7,9). The third kappa shape index (κ3) is 4.19. The average molecular weight is 160 g/mol. The molecular formula is C6H12N2O3. The van der Waals surface area contributed by atoms with Gasteiger partial charge in [0, 0.05) is 20.0 Å². The van der Waals surface area contributed by atoms with Crippen LogP contribution in [0.2, 0.25) is 0 Å². The van der Waals surface area contributed by atoms with Crippen LogP contribution < -0.4 is 5.73 Å². The van der Waals surface area contributed by atoms with Crippen LogP contribution in [0.3, 0.4) is 0 Å². The fourth-order valence-electron chi connectivity index (χ4n) is 0.525. The van der Waals surface area contributed by atoms with Gasteiger partial charge in [-0.3, -0.25) is 4.79 Å². The second kappa shape index (κ2) is 4.54. The van der Waals surface area contributed by atoms with Crippen molar-refractivity contribution >= 4 is 12.0 Å². The Morgan fingerprint density at radius 2 is 2.09 bits per heavy atom. The van der Waals surface area contributed by atoms with E-state index in [1.807, 2.05) is 0 Å². The highest BCUT2D eigenvalue weighted by Gasteiger charge is 2.07. The molecule has 5 nitrogen and oxygen atoms in total. The highest BCUT2D eigenvalue weighted by molar-refractivity contribution is 5.75. The molecule has 0 aliphatic rings. The fraction of sp³-hybridized carbons (Fsp3) is 0.667. The smallest absolute Gasteiger partial charge is 0.409 e. The Kier molecular flexibility index (Phi) is 4.02. The van der Waals surface area contributed by atoms with Gasteiger partial charge in [0.05, 0.1) is 7.11 Å². The van der Waals surface area contributed by atoms with Gasteiger partial charge in [0.2, 0.25) is 5.91 Å². The summed E-state index contributed by atoms with van der Waals surface area (Å²) in [6.07, 6.45) is -0.308. The van der Waals surface area contributed by atoms with Crippen molar-refractivity contribution in [3.8, 4) is 0 Å². The van der Waals surface area contributed by atoms with E-state index in [2.05, 4.69) is 4.74 Å². The summed E-state index contributed by atoms with van der Waals surface area (Å²) in [5, 5.41) is 0. The molecule has 0 unspecified atom stereocenters. The molecule has 0 rings (SSSR count). The van der Waals surface area contributed by atoms with Crippen LogP contribution in [0.4, 0.5) is 4.79 Å². The molecule has 0 bridgehead atoms. The van der Waals surface area contributed by atoms with Gasteiger partial charge in [0.25, 0.3) is 0 Å². The molecule has 2 amide bonds. The highest BCUT2D eigenvalue weighted by atomic mass is 16.5. The van der Waals surface area contributed by atoms with E-state index >= 15 is 0 Å². The molecule has 0 atom stereocenters. The van der Waals surface area contributed by atoms with Gasteiger partial charge < -0.3 is 15.4 Å². The molecule has 0 fully saturated rings. The van der Waals surface area contributed by atoms with Crippen molar-refractivity contribution in [1.82, 2.24) is 4.90 Å². The molecule has 0 aliphatic carbocycles. The van der Waals surface area contributed by atoms with Gasteiger partial charge in [-0.1, -0.05) is 0 Å². The maximum Gasteiger partial charge on any atom is 0.409 e. The predicted octanol–water partition coefficient (Wildman–Crippen LogP) is -0.440. The second-order valence-corrected chi connectivity index (χ2v) is 2.11. The van der Waals surface area contributed by atoms with Crippen molar-refractivity contribution < 1.29 is 14.3 Å². The molecule has 0 radical (unpaired) electrons. The molecule has 5 heteroatoms. The van der Waals surface area contributed by atoms with Gasteiger partial charge in [-0.05, 0) is 0 Å². The molecule has 64 valence electrons. The number of rotatable bonds is 3. The summed E-state index contributed by atoms with van der Waals surface area (Å²) in [5.74, 6) is -0.430. The van der Waals surface area contributed by atoms with E-state index in [1.54, 1.807) is 0 Å². The van der Waals surface area contributed by atoms with E-state index in [1.165, 1.54) is 19.1 Å². The van der Waals surface area contributed by atoms with Crippen LogP contribution in [-0.4, -0.2) is 37.6 Å². The Morgan fingerprint density at radius 3 is 2.45 bits per heavy atom. The monoisotopic (exact) mass is 160 g/mol. The second-order valence-electron chi connectivity index (χ2n) is 2.11. The average Bonchev–Trinajstić information content (AvgIpc) is 1.98. The van der Waals surface area contributed by atoms with E-state index in [0.717, 1.165) is 0 Å². The Hall–Kier alpha value is -1.26. The summed E-state index contributed by atoms with van der Waals surface area (Å²) in [7, 11) is 2.82. The maximum atomic E-state index is 10.7. The largest absolute Gasteiger partial charge is 0.453 e. The number of hydrogen-bond donors (Lipinski definition) is 1. The first-order valence-corrected chi connectivity index (χ1v) is 3.15. The van der Waals surface area contributed by atoms with Crippen LogP contribution in [0.1, 0.15) is 6.42 Å². The lowest BCUT2D eigenvalue weighted by atomic mass is 10.4. The Bertz CT molecular complexity index is 158. The molecule has 0 heterocycles. The lowest BCUT2D eigenvalue weighted by Gasteiger charge is -2.13. The summed E-state index contributed by atoms with van der Waals surface area (Å²) in [6, 6.07) is 0. The molecule has 0 saturated heterocycles. The molecule has 0 spiro atoms. The first-order chi connectivity index (χ1) is 5.07. The van der Waals surface area contributed by atoms with E-state index in [9.17, 15) is 9.59 Å². The number of hydrogen-bond acceptors (Lipinski definition) is 3.